The van der Waals surface area contributed by atoms with E-state index in [1.165, 1.54) is 32.1 Å². The highest BCUT2D eigenvalue weighted by Crippen LogP contribution is 2.16. The van der Waals surface area contributed by atoms with Crippen molar-refractivity contribution in [3.63, 3.8) is 0 Å². The Morgan fingerprint density at radius 2 is 2.00 bits per heavy atom. The summed E-state index contributed by atoms with van der Waals surface area (Å²) in [5, 5.41) is 6.71. The zero-order chi connectivity index (χ0) is 14.2. The van der Waals surface area contributed by atoms with Crippen LogP contribution in [0.5, 0.6) is 0 Å². The molecule has 0 aliphatic heterocycles. The molecule has 2 rings (SSSR count). The van der Waals surface area contributed by atoms with Crippen molar-refractivity contribution in [2.75, 3.05) is 6.61 Å². The van der Waals surface area contributed by atoms with Crippen LogP contribution in [0.1, 0.15) is 56.7 Å². The topological polar surface area (TPSA) is 77.2 Å². The molecule has 1 N–H and O–H groups in total. The number of amides is 1. The Hall–Kier alpha value is -1.43. The normalized spacial score (nSPS) is 17.4. The van der Waals surface area contributed by atoms with Crippen LogP contribution in [-0.4, -0.2) is 28.7 Å². The summed E-state index contributed by atoms with van der Waals surface area (Å²) < 4.78 is 10.2. The summed E-state index contributed by atoms with van der Waals surface area (Å²) in [6.45, 7) is 1.96. The van der Waals surface area contributed by atoms with E-state index in [2.05, 4.69) is 15.5 Å². The summed E-state index contributed by atoms with van der Waals surface area (Å²) in [5.74, 6) is 0.913. The third-order valence-corrected chi connectivity index (χ3v) is 3.50. The van der Waals surface area contributed by atoms with E-state index < -0.39 is 0 Å². The summed E-state index contributed by atoms with van der Waals surface area (Å²) in [6.07, 6.45) is 8.44. The van der Waals surface area contributed by atoms with Gasteiger partial charge in [-0.25, -0.2) is 0 Å². The number of aromatic nitrogens is 2. The fourth-order valence-electron chi connectivity index (χ4n) is 2.50. The molecule has 1 fully saturated rings. The number of rotatable bonds is 5. The molecule has 6 nitrogen and oxygen atoms in total. The quantitative estimate of drug-likeness (QED) is 0.894. The average Bonchev–Trinajstić information content (AvgIpc) is 2.78. The van der Waals surface area contributed by atoms with Crippen molar-refractivity contribution in [3.8, 4) is 0 Å². The summed E-state index contributed by atoms with van der Waals surface area (Å²) in [7, 11) is 0. The molecule has 0 spiro atoms. The van der Waals surface area contributed by atoms with Gasteiger partial charge < -0.3 is 14.6 Å². The van der Waals surface area contributed by atoms with E-state index in [0.717, 1.165) is 12.8 Å². The van der Waals surface area contributed by atoms with Crippen LogP contribution in [0, 0.1) is 6.92 Å². The second-order valence-corrected chi connectivity index (χ2v) is 5.34. The molecule has 0 aromatic carbocycles. The predicted octanol–water partition coefficient (Wildman–Crippen LogP) is 2.12. The smallest absolute Gasteiger partial charge is 0.252 e. The molecular weight excluding hydrogens is 258 g/mol. The zero-order valence-electron chi connectivity index (χ0n) is 12.1. The molecule has 1 aliphatic rings. The van der Waals surface area contributed by atoms with Gasteiger partial charge in [0.2, 0.25) is 5.91 Å². The first-order valence-electron chi connectivity index (χ1n) is 7.40. The molecule has 0 unspecified atom stereocenters. The van der Waals surface area contributed by atoms with Gasteiger partial charge in [-0.05, 0) is 19.8 Å². The van der Waals surface area contributed by atoms with Crippen LogP contribution in [0.3, 0.4) is 0 Å². The molecule has 112 valence electrons. The van der Waals surface area contributed by atoms with Gasteiger partial charge in [0.05, 0.1) is 0 Å². The minimum atomic E-state index is -0.0631. The highest BCUT2D eigenvalue weighted by Gasteiger charge is 2.14. The van der Waals surface area contributed by atoms with Gasteiger partial charge >= 0.3 is 0 Å². The Balaban J connectivity index is 1.63. The van der Waals surface area contributed by atoms with Gasteiger partial charge in [-0.3, -0.25) is 4.79 Å². The number of carbonyl (C=O) groups excluding carboxylic acids is 1. The molecule has 0 radical (unpaired) electrons. The predicted molar refractivity (Wildman–Crippen MR) is 72.9 cm³/mol. The van der Waals surface area contributed by atoms with Crippen LogP contribution in [0.15, 0.2) is 4.52 Å². The van der Waals surface area contributed by atoms with Gasteiger partial charge in [0.15, 0.2) is 5.82 Å². The van der Waals surface area contributed by atoms with E-state index in [0.29, 0.717) is 17.8 Å². The second kappa shape index (κ2) is 7.99. The summed E-state index contributed by atoms with van der Waals surface area (Å²) in [4.78, 5) is 15.8. The molecule has 1 aliphatic carbocycles. The van der Waals surface area contributed by atoms with Gasteiger partial charge in [-0.2, -0.15) is 4.98 Å². The monoisotopic (exact) mass is 281 g/mol. The van der Waals surface area contributed by atoms with Crippen molar-refractivity contribution in [2.45, 2.75) is 64.5 Å². The van der Waals surface area contributed by atoms with E-state index in [1.807, 2.05) is 0 Å². The molecule has 1 amide bonds. The molecule has 20 heavy (non-hydrogen) atoms. The fraction of sp³-hybridized carbons (Fsp3) is 0.786. The van der Waals surface area contributed by atoms with Crippen molar-refractivity contribution in [1.29, 1.82) is 0 Å². The zero-order valence-corrected chi connectivity index (χ0v) is 12.1. The van der Waals surface area contributed by atoms with Gasteiger partial charge in [-0.15, -0.1) is 0 Å². The minimum Gasteiger partial charge on any atom is -0.362 e. The van der Waals surface area contributed by atoms with Crippen LogP contribution in [-0.2, 0) is 16.1 Å². The molecule has 1 saturated carbocycles. The SMILES string of the molecule is Cc1noc(COCC(=O)NC2CCCCCCC2)n1. The van der Waals surface area contributed by atoms with Crippen LogP contribution in [0.25, 0.3) is 0 Å². The van der Waals surface area contributed by atoms with Gasteiger partial charge in [0.1, 0.15) is 13.2 Å². The summed E-state index contributed by atoms with van der Waals surface area (Å²) in [5.41, 5.74) is 0. The second-order valence-electron chi connectivity index (χ2n) is 5.34. The number of aryl methyl sites for hydroxylation is 1. The Labute approximate surface area is 119 Å². The third kappa shape index (κ3) is 5.28. The van der Waals surface area contributed by atoms with Crippen molar-refractivity contribution in [3.05, 3.63) is 11.7 Å². The number of nitrogens with zero attached hydrogens (tertiary/aromatic N) is 2. The molecule has 1 aromatic heterocycles. The maximum absolute atomic E-state index is 11.8. The van der Waals surface area contributed by atoms with Gasteiger partial charge in [0.25, 0.3) is 5.89 Å². The Bertz CT molecular complexity index is 412. The lowest BCUT2D eigenvalue weighted by Crippen LogP contribution is -2.37. The lowest BCUT2D eigenvalue weighted by molar-refractivity contribution is -0.127. The van der Waals surface area contributed by atoms with Crippen molar-refractivity contribution >= 4 is 5.91 Å². The minimum absolute atomic E-state index is 0.0396. The number of hydrogen-bond acceptors (Lipinski definition) is 5. The Morgan fingerprint density at radius 1 is 1.30 bits per heavy atom. The molecule has 0 saturated heterocycles. The molecule has 0 atom stereocenters. The van der Waals surface area contributed by atoms with E-state index >= 15 is 0 Å². The maximum Gasteiger partial charge on any atom is 0.252 e. The molecular formula is C14H23N3O3. The van der Waals surface area contributed by atoms with E-state index in [4.69, 9.17) is 9.26 Å². The fourth-order valence-corrected chi connectivity index (χ4v) is 2.50. The van der Waals surface area contributed by atoms with E-state index in [1.54, 1.807) is 6.92 Å². The first-order chi connectivity index (χ1) is 9.74. The number of ether oxygens (including phenoxy) is 1. The first kappa shape index (κ1) is 15.0. The number of hydrogen-bond donors (Lipinski definition) is 1. The van der Waals surface area contributed by atoms with Gasteiger partial charge in [0, 0.05) is 6.04 Å². The van der Waals surface area contributed by atoms with Crippen molar-refractivity contribution < 1.29 is 14.1 Å². The molecule has 1 heterocycles. The lowest BCUT2D eigenvalue weighted by Gasteiger charge is -2.20. The van der Waals surface area contributed by atoms with Gasteiger partial charge in [-0.1, -0.05) is 37.3 Å². The van der Waals surface area contributed by atoms with Crippen molar-refractivity contribution in [1.82, 2.24) is 15.5 Å². The maximum atomic E-state index is 11.8. The third-order valence-electron chi connectivity index (χ3n) is 3.50. The lowest BCUT2D eigenvalue weighted by atomic mass is 9.97. The van der Waals surface area contributed by atoms with Crippen LogP contribution >= 0.6 is 0 Å². The standard InChI is InChI=1S/C14H23N3O3/c1-11-15-14(20-17-11)10-19-9-13(18)16-12-7-5-3-2-4-6-8-12/h12H,2-10H2,1H3,(H,16,18). The highest BCUT2D eigenvalue weighted by atomic mass is 16.5. The van der Waals surface area contributed by atoms with E-state index in [9.17, 15) is 4.79 Å². The largest absolute Gasteiger partial charge is 0.362 e. The van der Waals surface area contributed by atoms with Crippen LogP contribution in [0.2, 0.25) is 0 Å². The summed E-state index contributed by atoms with van der Waals surface area (Å²) >= 11 is 0. The molecule has 1 aromatic rings. The van der Waals surface area contributed by atoms with Crippen LogP contribution in [0.4, 0.5) is 0 Å². The Morgan fingerprint density at radius 3 is 2.65 bits per heavy atom. The first-order valence-corrected chi connectivity index (χ1v) is 7.40. The van der Waals surface area contributed by atoms with Crippen molar-refractivity contribution in [2.24, 2.45) is 0 Å². The summed E-state index contributed by atoms with van der Waals surface area (Å²) in [6, 6.07) is 0.303. The number of nitrogens with one attached hydrogen (secondary N) is 1. The molecule has 0 bridgehead atoms. The Kier molecular flexibility index (Phi) is 5.98. The average molecular weight is 281 g/mol. The highest BCUT2D eigenvalue weighted by molar-refractivity contribution is 5.77. The molecule has 6 heteroatoms. The van der Waals surface area contributed by atoms with Crippen LogP contribution < -0.4 is 5.32 Å². The number of carbonyl (C=O) groups is 1. The van der Waals surface area contributed by atoms with E-state index in [-0.39, 0.29) is 19.1 Å².